The molecule has 2 atom stereocenters. The van der Waals surface area contributed by atoms with Crippen molar-refractivity contribution in [3.05, 3.63) is 23.0 Å². The standard InChI is InChI=1S/C18H28N2O2/c1-5-14(19-11-21)8-6-13(3)16-10-17(22-4)18(20-16)15-9-7-12(15)2/h10-11,13-14,20H,5-9H2,1-4H3,(H,19,21). The molecule has 0 radical (unpaired) electrons. The Morgan fingerprint density at radius 2 is 2.18 bits per heavy atom. The van der Waals surface area contributed by atoms with Crippen LogP contribution in [0.15, 0.2) is 11.6 Å². The van der Waals surface area contributed by atoms with E-state index in [9.17, 15) is 4.79 Å². The number of aromatic amines is 1. The Labute approximate surface area is 133 Å². The highest BCUT2D eigenvalue weighted by Gasteiger charge is 2.22. The number of H-pyrrole nitrogens is 1. The van der Waals surface area contributed by atoms with Crippen LogP contribution in [0.3, 0.4) is 0 Å². The molecule has 2 rings (SSSR count). The molecule has 0 aromatic carbocycles. The summed E-state index contributed by atoms with van der Waals surface area (Å²) in [6.07, 6.45) is 6.14. The summed E-state index contributed by atoms with van der Waals surface area (Å²) in [5.74, 6) is 1.38. The summed E-state index contributed by atoms with van der Waals surface area (Å²) < 4.78 is 5.54. The van der Waals surface area contributed by atoms with E-state index in [2.05, 4.69) is 37.1 Å². The molecule has 0 saturated carbocycles. The van der Waals surface area contributed by atoms with Gasteiger partial charge in [-0.2, -0.15) is 0 Å². The number of carbonyl (C=O) groups excluding carboxylic acids is 1. The van der Waals surface area contributed by atoms with Gasteiger partial charge in [-0.3, -0.25) is 4.79 Å². The number of amides is 1. The maximum atomic E-state index is 10.6. The number of methoxy groups -OCH3 is 1. The van der Waals surface area contributed by atoms with E-state index in [1.165, 1.54) is 23.3 Å². The van der Waals surface area contributed by atoms with Gasteiger partial charge in [0.05, 0.1) is 12.8 Å². The second-order valence-electron chi connectivity index (χ2n) is 6.30. The Balaban J connectivity index is 2.05. The van der Waals surface area contributed by atoms with E-state index >= 15 is 0 Å². The van der Waals surface area contributed by atoms with E-state index < -0.39 is 0 Å². The van der Waals surface area contributed by atoms with Crippen LogP contribution in [-0.4, -0.2) is 24.5 Å². The SMILES string of the molecule is CCC(CCC(C)c1cc(OC)c(C2=C(C)CC2)[nH]1)NC=O. The van der Waals surface area contributed by atoms with Crippen LogP contribution in [0.25, 0.3) is 5.57 Å². The van der Waals surface area contributed by atoms with Gasteiger partial charge >= 0.3 is 0 Å². The topological polar surface area (TPSA) is 54.1 Å². The number of carbonyl (C=O) groups is 1. The normalized spacial score (nSPS) is 16.9. The summed E-state index contributed by atoms with van der Waals surface area (Å²) in [5, 5.41) is 2.89. The lowest BCUT2D eigenvalue weighted by atomic mass is 9.87. The predicted molar refractivity (Wildman–Crippen MR) is 90.1 cm³/mol. The molecule has 2 unspecified atom stereocenters. The van der Waals surface area contributed by atoms with Gasteiger partial charge in [-0.1, -0.05) is 19.4 Å². The van der Waals surface area contributed by atoms with Crippen LogP contribution in [-0.2, 0) is 4.79 Å². The molecule has 1 aromatic heterocycles. The predicted octanol–water partition coefficient (Wildman–Crippen LogP) is 4.00. The number of allylic oxidation sites excluding steroid dienone is 2. The molecule has 1 heterocycles. The molecule has 1 aromatic rings. The van der Waals surface area contributed by atoms with Crippen molar-refractivity contribution in [1.82, 2.24) is 10.3 Å². The highest BCUT2D eigenvalue weighted by atomic mass is 16.5. The molecule has 22 heavy (non-hydrogen) atoms. The number of aromatic nitrogens is 1. The monoisotopic (exact) mass is 304 g/mol. The van der Waals surface area contributed by atoms with Crippen molar-refractivity contribution in [3.8, 4) is 5.75 Å². The molecule has 0 spiro atoms. The van der Waals surface area contributed by atoms with E-state index in [-0.39, 0.29) is 6.04 Å². The van der Waals surface area contributed by atoms with Gasteiger partial charge in [-0.25, -0.2) is 0 Å². The summed E-state index contributed by atoms with van der Waals surface area (Å²) in [4.78, 5) is 14.1. The van der Waals surface area contributed by atoms with Crippen LogP contribution >= 0.6 is 0 Å². The zero-order chi connectivity index (χ0) is 16.1. The highest BCUT2D eigenvalue weighted by Crippen LogP contribution is 2.41. The number of nitrogens with one attached hydrogen (secondary N) is 2. The van der Waals surface area contributed by atoms with E-state index in [0.29, 0.717) is 5.92 Å². The van der Waals surface area contributed by atoms with Crippen molar-refractivity contribution < 1.29 is 9.53 Å². The van der Waals surface area contributed by atoms with Crippen molar-refractivity contribution in [3.63, 3.8) is 0 Å². The Morgan fingerprint density at radius 1 is 1.41 bits per heavy atom. The van der Waals surface area contributed by atoms with E-state index in [1.807, 2.05) is 0 Å². The van der Waals surface area contributed by atoms with Crippen LogP contribution in [0.1, 0.15) is 70.2 Å². The first-order valence-corrected chi connectivity index (χ1v) is 8.26. The second-order valence-corrected chi connectivity index (χ2v) is 6.30. The van der Waals surface area contributed by atoms with Crippen LogP contribution in [0.4, 0.5) is 0 Å². The van der Waals surface area contributed by atoms with Crippen LogP contribution < -0.4 is 10.1 Å². The van der Waals surface area contributed by atoms with E-state index in [1.54, 1.807) is 7.11 Å². The first kappa shape index (κ1) is 16.7. The smallest absolute Gasteiger partial charge is 0.207 e. The van der Waals surface area contributed by atoms with Crippen molar-refractivity contribution >= 4 is 12.0 Å². The molecule has 2 N–H and O–H groups in total. The fourth-order valence-electron chi connectivity index (χ4n) is 3.05. The molecule has 122 valence electrons. The van der Waals surface area contributed by atoms with Gasteiger partial charge in [0.2, 0.25) is 6.41 Å². The minimum Gasteiger partial charge on any atom is -0.495 e. The Morgan fingerprint density at radius 3 is 2.68 bits per heavy atom. The third-order valence-electron chi connectivity index (χ3n) is 4.86. The summed E-state index contributed by atoms with van der Waals surface area (Å²) in [6, 6.07) is 2.40. The molecule has 0 aliphatic heterocycles. The molecule has 1 amide bonds. The Bertz CT molecular complexity index is 545. The third-order valence-corrected chi connectivity index (χ3v) is 4.86. The molecule has 1 aliphatic rings. The molecule has 4 nitrogen and oxygen atoms in total. The lowest BCUT2D eigenvalue weighted by Gasteiger charge is -2.21. The summed E-state index contributed by atoms with van der Waals surface area (Å²) >= 11 is 0. The first-order chi connectivity index (χ1) is 10.6. The van der Waals surface area contributed by atoms with Gasteiger partial charge in [0.15, 0.2) is 0 Å². The van der Waals surface area contributed by atoms with Crippen LogP contribution in [0, 0.1) is 0 Å². The summed E-state index contributed by atoms with van der Waals surface area (Å²) in [7, 11) is 1.73. The third kappa shape index (κ3) is 3.54. The molecular formula is C18H28N2O2. The summed E-state index contributed by atoms with van der Waals surface area (Å²) in [5.41, 5.74) is 5.25. The fourth-order valence-corrected chi connectivity index (χ4v) is 3.05. The van der Waals surface area contributed by atoms with Crippen molar-refractivity contribution in [2.24, 2.45) is 0 Å². The largest absolute Gasteiger partial charge is 0.495 e. The zero-order valence-corrected chi connectivity index (χ0v) is 14.2. The van der Waals surface area contributed by atoms with Crippen LogP contribution in [0.2, 0.25) is 0 Å². The molecule has 0 bridgehead atoms. The van der Waals surface area contributed by atoms with E-state index in [0.717, 1.165) is 43.5 Å². The number of rotatable bonds is 9. The average molecular weight is 304 g/mol. The Hall–Kier alpha value is -1.71. The number of hydrogen-bond acceptors (Lipinski definition) is 2. The minimum absolute atomic E-state index is 0.271. The lowest BCUT2D eigenvalue weighted by Crippen LogP contribution is -2.27. The minimum atomic E-state index is 0.271. The van der Waals surface area contributed by atoms with E-state index in [4.69, 9.17) is 4.74 Å². The fraction of sp³-hybridized carbons (Fsp3) is 0.611. The second kappa shape index (κ2) is 7.52. The van der Waals surface area contributed by atoms with Crippen molar-refractivity contribution in [2.45, 2.75) is 64.8 Å². The number of ether oxygens (including phenoxy) is 1. The zero-order valence-electron chi connectivity index (χ0n) is 14.2. The first-order valence-electron chi connectivity index (χ1n) is 8.26. The molecular weight excluding hydrogens is 276 g/mol. The lowest BCUT2D eigenvalue weighted by molar-refractivity contribution is -0.110. The number of hydrogen-bond donors (Lipinski definition) is 2. The molecule has 1 aliphatic carbocycles. The van der Waals surface area contributed by atoms with Gasteiger partial charge < -0.3 is 15.0 Å². The quantitative estimate of drug-likeness (QED) is 0.678. The highest BCUT2D eigenvalue weighted by molar-refractivity contribution is 5.75. The molecule has 0 saturated heterocycles. The Kier molecular flexibility index (Phi) is 5.69. The maximum Gasteiger partial charge on any atom is 0.207 e. The van der Waals surface area contributed by atoms with Crippen LogP contribution in [0.5, 0.6) is 5.75 Å². The van der Waals surface area contributed by atoms with Crippen molar-refractivity contribution in [2.75, 3.05) is 7.11 Å². The van der Waals surface area contributed by atoms with Gasteiger partial charge in [0.1, 0.15) is 5.75 Å². The average Bonchev–Trinajstić information content (AvgIpc) is 2.93. The van der Waals surface area contributed by atoms with Gasteiger partial charge in [0, 0.05) is 17.8 Å². The van der Waals surface area contributed by atoms with Gasteiger partial charge in [-0.15, -0.1) is 0 Å². The van der Waals surface area contributed by atoms with Gasteiger partial charge in [0.25, 0.3) is 0 Å². The molecule has 4 heteroatoms. The van der Waals surface area contributed by atoms with Crippen molar-refractivity contribution in [1.29, 1.82) is 0 Å². The summed E-state index contributed by atoms with van der Waals surface area (Å²) in [6.45, 7) is 6.53. The maximum absolute atomic E-state index is 10.6. The molecule has 0 fully saturated rings. The van der Waals surface area contributed by atoms with Gasteiger partial charge in [-0.05, 0) is 50.5 Å².